The Hall–Kier alpha value is 0.430. The Labute approximate surface area is 149 Å². The van der Waals surface area contributed by atoms with Gasteiger partial charge in [-0.3, -0.25) is 4.79 Å². The van der Waals surface area contributed by atoms with Gasteiger partial charge in [-0.15, -0.1) is 0 Å². The number of carbonyl (C=O) groups is 1. The zero-order valence-corrected chi connectivity index (χ0v) is 16.0. The van der Waals surface area contributed by atoms with Crippen molar-refractivity contribution >= 4 is 5.97 Å². The van der Waals surface area contributed by atoms with Crippen LogP contribution in [0, 0.1) is 0 Å². The van der Waals surface area contributed by atoms with Crippen molar-refractivity contribution in [2.75, 3.05) is 20.1 Å². The van der Waals surface area contributed by atoms with Crippen molar-refractivity contribution in [3.05, 3.63) is 0 Å². The van der Waals surface area contributed by atoms with Crippen LogP contribution in [0.15, 0.2) is 0 Å². The number of aliphatic carboxylic acids is 1. The SMILES string of the molecule is CCCCCCCCCCCCN(C)CCC(=O)O.[H-].[Na+]. The molecule has 0 aromatic rings. The van der Waals surface area contributed by atoms with Gasteiger partial charge in [-0.25, -0.2) is 0 Å². The van der Waals surface area contributed by atoms with E-state index in [4.69, 9.17) is 5.11 Å². The Bertz CT molecular complexity index is 218. The second kappa shape index (κ2) is 17.5. The number of carboxylic acid groups (broad SMARTS) is 1. The van der Waals surface area contributed by atoms with Gasteiger partial charge in [0.1, 0.15) is 0 Å². The van der Waals surface area contributed by atoms with Gasteiger partial charge in [-0.05, 0) is 20.0 Å². The molecule has 0 atom stereocenters. The summed E-state index contributed by atoms with van der Waals surface area (Å²) in [5.41, 5.74) is 0. The van der Waals surface area contributed by atoms with Gasteiger partial charge < -0.3 is 11.4 Å². The van der Waals surface area contributed by atoms with E-state index in [1.54, 1.807) is 0 Å². The van der Waals surface area contributed by atoms with Crippen LogP contribution in [0.4, 0.5) is 0 Å². The molecular weight excluding hydrogens is 261 g/mol. The normalized spacial score (nSPS) is 10.6. The second-order valence-corrected chi connectivity index (χ2v) is 5.63. The third kappa shape index (κ3) is 18.4. The zero-order valence-electron chi connectivity index (χ0n) is 15.0. The van der Waals surface area contributed by atoms with Crippen molar-refractivity contribution in [2.45, 2.75) is 77.6 Å². The van der Waals surface area contributed by atoms with Crippen molar-refractivity contribution in [3.8, 4) is 0 Å². The fourth-order valence-electron chi connectivity index (χ4n) is 2.27. The molecule has 116 valence electrons. The van der Waals surface area contributed by atoms with Crippen LogP contribution in [0.1, 0.15) is 79.0 Å². The first-order chi connectivity index (χ1) is 9.16. The molecule has 0 saturated carbocycles. The van der Waals surface area contributed by atoms with Crippen molar-refractivity contribution < 1.29 is 40.9 Å². The van der Waals surface area contributed by atoms with Crippen LogP contribution in [0.5, 0.6) is 0 Å². The van der Waals surface area contributed by atoms with Crippen LogP contribution < -0.4 is 29.6 Å². The standard InChI is InChI=1S/C16H33NO2.Na.H/c1-3-4-5-6-7-8-9-10-11-12-14-17(2)15-13-16(18)19;;/h3-15H2,1-2H3,(H,18,19);;/q;+1;-1. The van der Waals surface area contributed by atoms with Crippen molar-refractivity contribution in [3.63, 3.8) is 0 Å². The molecule has 4 heteroatoms. The minimum absolute atomic E-state index is 0. The zero-order chi connectivity index (χ0) is 14.3. The predicted octanol–water partition coefficient (Wildman–Crippen LogP) is 1.43. The van der Waals surface area contributed by atoms with E-state index >= 15 is 0 Å². The molecule has 0 fully saturated rings. The van der Waals surface area contributed by atoms with Crippen LogP contribution in [-0.4, -0.2) is 36.1 Å². The molecule has 0 aliphatic rings. The van der Waals surface area contributed by atoms with Crippen LogP contribution >= 0.6 is 0 Å². The van der Waals surface area contributed by atoms with E-state index in [1.807, 2.05) is 7.05 Å². The van der Waals surface area contributed by atoms with E-state index in [9.17, 15) is 4.79 Å². The van der Waals surface area contributed by atoms with E-state index in [0.29, 0.717) is 6.54 Å². The molecule has 3 nitrogen and oxygen atoms in total. The summed E-state index contributed by atoms with van der Waals surface area (Å²) in [5.74, 6) is -0.699. The van der Waals surface area contributed by atoms with Gasteiger partial charge in [-0.2, -0.15) is 0 Å². The third-order valence-corrected chi connectivity index (χ3v) is 3.60. The van der Waals surface area contributed by atoms with E-state index in [-0.39, 0.29) is 37.4 Å². The Balaban J connectivity index is -0.00000162. The van der Waals surface area contributed by atoms with Crippen LogP contribution in [0.2, 0.25) is 0 Å². The first kappa shape index (κ1) is 22.7. The molecule has 1 N–H and O–H groups in total. The maximum Gasteiger partial charge on any atom is 1.00 e. The molecule has 20 heavy (non-hydrogen) atoms. The average molecular weight is 295 g/mol. The van der Waals surface area contributed by atoms with Gasteiger partial charge in [0.05, 0.1) is 6.42 Å². The summed E-state index contributed by atoms with van der Waals surface area (Å²) in [5, 5.41) is 8.58. The van der Waals surface area contributed by atoms with Gasteiger partial charge in [0.25, 0.3) is 0 Å². The molecule has 0 heterocycles. The van der Waals surface area contributed by atoms with Gasteiger partial charge in [-0.1, -0.05) is 64.7 Å². The summed E-state index contributed by atoms with van der Waals surface area (Å²) in [6, 6.07) is 0. The molecule has 0 aromatic heterocycles. The maximum atomic E-state index is 10.4. The largest absolute Gasteiger partial charge is 1.00 e. The van der Waals surface area contributed by atoms with Crippen molar-refractivity contribution in [1.29, 1.82) is 0 Å². The minimum Gasteiger partial charge on any atom is -1.00 e. The summed E-state index contributed by atoms with van der Waals surface area (Å²) in [6.45, 7) is 3.96. The third-order valence-electron chi connectivity index (χ3n) is 3.60. The fourth-order valence-corrected chi connectivity index (χ4v) is 2.27. The molecule has 0 spiro atoms. The molecule has 0 rings (SSSR count). The summed E-state index contributed by atoms with van der Waals surface area (Å²) >= 11 is 0. The van der Waals surface area contributed by atoms with E-state index in [1.165, 1.54) is 64.2 Å². The molecule has 0 saturated heterocycles. The summed E-state index contributed by atoms with van der Waals surface area (Å²) in [7, 11) is 2.01. The predicted molar refractivity (Wildman–Crippen MR) is 82.7 cm³/mol. The molecule has 0 aromatic carbocycles. The number of hydrogen-bond acceptors (Lipinski definition) is 2. The van der Waals surface area contributed by atoms with E-state index in [2.05, 4.69) is 11.8 Å². The van der Waals surface area contributed by atoms with Gasteiger partial charge >= 0.3 is 35.5 Å². The average Bonchev–Trinajstić information content (AvgIpc) is 2.38. The van der Waals surface area contributed by atoms with E-state index in [0.717, 1.165) is 6.54 Å². The molecule has 0 aliphatic carbocycles. The Kier molecular flexibility index (Phi) is 19.8. The first-order valence-electron chi connectivity index (χ1n) is 8.07. The molecule has 0 unspecified atom stereocenters. The number of rotatable bonds is 14. The van der Waals surface area contributed by atoms with E-state index < -0.39 is 5.97 Å². The van der Waals surface area contributed by atoms with Crippen LogP contribution in [0.3, 0.4) is 0 Å². The Morgan fingerprint density at radius 2 is 1.35 bits per heavy atom. The summed E-state index contributed by atoms with van der Waals surface area (Å²) in [4.78, 5) is 12.5. The van der Waals surface area contributed by atoms with Gasteiger partial charge in [0, 0.05) is 6.54 Å². The second-order valence-electron chi connectivity index (χ2n) is 5.63. The topological polar surface area (TPSA) is 40.5 Å². The monoisotopic (exact) mass is 295 g/mol. The van der Waals surface area contributed by atoms with Gasteiger partial charge in [0.15, 0.2) is 0 Å². The molecule has 0 amide bonds. The maximum absolute atomic E-state index is 10.4. The molecular formula is C16H34NNaO2. The van der Waals surface area contributed by atoms with Crippen molar-refractivity contribution in [2.24, 2.45) is 0 Å². The number of unbranched alkanes of at least 4 members (excludes halogenated alkanes) is 9. The number of hydrogen-bond donors (Lipinski definition) is 1. The molecule has 0 bridgehead atoms. The Morgan fingerprint density at radius 1 is 0.900 bits per heavy atom. The van der Waals surface area contributed by atoms with Crippen molar-refractivity contribution in [1.82, 2.24) is 4.90 Å². The molecule has 0 aliphatic heterocycles. The Morgan fingerprint density at radius 3 is 1.80 bits per heavy atom. The fraction of sp³-hybridized carbons (Fsp3) is 0.938. The number of carboxylic acids is 1. The number of nitrogens with zero attached hydrogens (tertiary/aromatic N) is 1. The van der Waals surface area contributed by atoms with Crippen LogP contribution in [-0.2, 0) is 4.79 Å². The van der Waals surface area contributed by atoms with Crippen LogP contribution in [0.25, 0.3) is 0 Å². The quantitative estimate of drug-likeness (QED) is 0.389. The summed E-state index contributed by atoms with van der Waals surface area (Å²) in [6.07, 6.45) is 13.8. The smallest absolute Gasteiger partial charge is 1.00 e. The first-order valence-corrected chi connectivity index (χ1v) is 8.07. The van der Waals surface area contributed by atoms with Gasteiger partial charge in [0.2, 0.25) is 0 Å². The minimum atomic E-state index is -0.699. The summed E-state index contributed by atoms with van der Waals surface area (Å²) < 4.78 is 0. The molecule has 0 radical (unpaired) electrons.